The fourth-order valence-corrected chi connectivity index (χ4v) is 2.37. The van der Waals surface area contributed by atoms with Crippen LogP contribution in [-0.4, -0.2) is 64.3 Å². The Labute approximate surface area is 112 Å². The molecule has 0 aliphatic carbocycles. The second-order valence-corrected chi connectivity index (χ2v) is 4.70. The van der Waals surface area contributed by atoms with Crippen LogP contribution in [0.25, 0.3) is 0 Å². The number of likely N-dealkylation sites (tertiary alicyclic amines) is 1. The zero-order valence-corrected chi connectivity index (χ0v) is 11.2. The normalized spacial score (nSPS) is 16.1. The highest BCUT2D eigenvalue weighted by Gasteiger charge is 2.19. The molecule has 2 rings (SSSR count). The van der Waals surface area contributed by atoms with Crippen molar-refractivity contribution < 1.29 is 14.6 Å². The Morgan fingerprint density at radius 1 is 1.37 bits per heavy atom. The van der Waals surface area contributed by atoms with Crippen molar-refractivity contribution in [3.63, 3.8) is 0 Å². The van der Waals surface area contributed by atoms with Gasteiger partial charge >= 0.3 is 5.97 Å². The summed E-state index contributed by atoms with van der Waals surface area (Å²) in [6.45, 7) is 4.28. The maximum Gasteiger partial charge on any atom is 0.358 e. The van der Waals surface area contributed by atoms with Crippen molar-refractivity contribution in [2.24, 2.45) is 0 Å². The van der Waals surface area contributed by atoms with Gasteiger partial charge in [-0.05, 0) is 25.9 Å². The van der Waals surface area contributed by atoms with Crippen molar-refractivity contribution in [3.05, 3.63) is 11.4 Å². The molecule has 0 bridgehead atoms. The van der Waals surface area contributed by atoms with Crippen molar-refractivity contribution in [2.75, 3.05) is 33.4 Å². The highest BCUT2D eigenvalue weighted by molar-refractivity contribution is 5.86. The Morgan fingerprint density at radius 2 is 2.11 bits per heavy atom. The molecule has 1 aromatic heterocycles. The van der Waals surface area contributed by atoms with Gasteiger partial charge < -0.3 is 14.7 Å². The van der Waals surface area contributed by atoms with Gasteiger partial charge in [0, 0.05) is 20.1 Å². The van der Waals surface area contributed by atoms with Crippen molar-refractivity contribution in [3.8, 4) is 0 Å². The Bertz CT molecular complexity index is 427. The molecule has 0 saturated carbocycles. The van der Waals surface area contributed by atoms with Crippen molar-refractivity contribution >= 4 is 5.97 Å². The number of methoxy groups -OCH3 is 1. The molecule has 7 nitrogen and oxygen atoms in total. The molecule has 106 valence electrons. The van der Waals surface area contributed by atoms with E-state index in [4.69, 9.17) is 9.84 Å². The molecule has 0 radical (unpaired) electrons. The van der Waals surface area contributed by atoms with Gasteiger partial charge in [-0.15, -0.1) is 5.10 Å². The maximum atomic E-state index is 11.1. The molecular weight excluding hydrogens is 248 g/mol. The Kier molecular flexibility index (Phi) is 4.86. The summed E-state index contributed by atoms with van der Waals surface area (Å²) in [6, 6.07) is 0. The van der Waals surface area contributed by atoms with Gasteiger partial charge in [-0.3, -0.25) is 0 Å². The average molecular weight is 268 g/mol. The number of carboxylic acid groups (broad SMARTS) is 1. The summed E-state index contributed by atoms with van der Waals surface area (Å²) in [6.07, 6.45) is 3.01. The molecule has 1 aliphatic heterocycles. The summed E-state index contributed by atoms with van der Waals surface area (Å²) in [7, 11) is 1.60. The third-order valence-electron chi connectivity index (χ3n) is 3.41. The first-order valence-corrected chi connectivity index (χ1v) is 6.59. The Balaban J connectivity index is 2.02. The molecule has 0 amide bonds. The minimum Gasteiger partial charge on any atom is -0.476 e. The summed E-state index contributed by atoms with van der Waals surface area (Å²) in [4.78, 5) is 13.5. The molecule has 7 heteroatoms. The van der Waals surface area contributed by atoms with Crippen LogP contribution in [0.5, 0.6) is 0 Å². The monoisotopic (exact) mass is 268 g/mol. The number of hydrogen-bond acceptors (Lipinski definition) is 5. The fourth-order valence-electron chi connectivity index (χ4n) is 2.37. The number of aromatic carboxylic acids is 1. The molecule has 1 aromatic rings. The molecule has 19 heavy (non-hydrogen) atoms. The van der Waals surface area contributed by atoms with E-state index in [-0.39, 0.29) is 5.69 Å². The molecule has 1 N–H and O–H groups in total. The number of nitrogens with zero attached hydrogens (tertiary/aromatic N) is 4. The quantitative estimate of drug-likeness (QED) is 0.764. The molecule has 1 saturated heterocycles. The van der Waals surface area contributed by atoms with Gasteiger partial charge in [0.1, 0.15) is 0 Å². The number of carboxylic acids is 1. The lowest BCUT2D eigenvalue weighted by Gasteiger charge is -2.15. The van der Waals surface area contributed by atoms with E-state index < -0.39 is 5.97 Å². The van der Waals surface area contributed by atoms with Gasteiger partial charge in [0.25, 0.3) is 0 Å². The van der Waals surface area contributed by atoms with Crippen molar-refractivity contribution in [1.29, 1.82) is 0 Å². The second kappa shape index (κ2) is 6.63. The lowest BCUT2D eigenvalue weighted by molar-refractivity contribution is 0.0688. The Hall–Kier alpha value is -1.47. The van der Waals surface area contributed by atoms with E-state index in [1.807, 2.05) is 0 Å². The number of aromatic nitrogens is 3. The number of hydrogen-bond donors (Lipinski definition) is 1. The van der Waals surface area contributed by atoms with Gasteiger partial charge in [-0.2, -0.15) is 0 Å². The van der Waals surface area contributed by atoms with Gasteiger partial charge in [0.2, 0.25) is 0 Å². The van der Waals surface area contributed by atoms with Gasteiger partial charge in [-0.1, -0.05) is 5.21 Å². The van der Waals surface area contributed by atoms with Gasteiger partial charge in [0.05, 0.1) is 18.8 Å². The highest BCUT2D eigenvalue weighted by atomic mass is 16.5. The molecule has 0 spiro atoms. The summed E-state index contributed by atoms with van der Waals surface area (Å²) < 4.78 is 6.71. The van der Waals surface area contributed by atoms with Crippen molar-refractivity contribution in [2.45, 2.75) is 25.8 Å². The minimum absolute atomic E-state index is 0.0403. The van der Waals surface area contributed by atoms with E-state index in [0.29, 0.717) is 25.3 Å². The smallest absolute Gasteiger partial charge is 0.358 e. The van der Waals surface area contributed by atoms with Crippen LogP contribution in [0.3, 0.4) is 0 Å². The lowest BCUT2D eigenvalue weighted by atomic mass is 10.2. The molecule has 0 atom stereocenters. The number of carbonyl (C=O) groups is 1. The standard InChI is InChI=1S/C12H20N4O3/c1-19-9-4-10-11(12(17)18)13-14-16(10)8-7-15-5-2-3-6-15/h2-9H2,1H3,(H,17,18). The number of rotatable bonds is 7. The summed E-state index contributed by atoms with van der Waals surface area (Å²) in [5, 5.41) is 16.8. The van der Waals surface area contributed by atoms with Gasteiger partial charge in [-0.25, -0.2) is 9.48 Å². The van der Waals surface area contributed by atoms with Crippen LogP contribution in [0.2, 0.25) is 0 Å². The molecule has 0 aromatic carbocycles. The largest absolute Gasteiger partial charge is 0.476 e. The zero-order valence-electron chi connectivity index (χ0n) is 11.2. The average Bonchev–Trinajstić information content (AvgIpc) is 3.03. The van der Waals surface area contributed by atoms with Crippen LogP contribution in [0, 0.1) is 0 Å². The van der Waals surface area contributed by atoms with E-state index in [9.17, 15) is 4.79 Å². The van der Waals surface area contributed by atoms with E-state index >= 15 is 0 Å². The van der Waals surface area contributed by atoms with Crippen LogP contribution in [0.1, 0.15) is 29.0 Å². The highest BCUT2D eigenvalue weighted by Crippen LogP contribution is 2.10. The first kappa shape index (κ1) is 14.0. The summed E-state index contributed by atoms with van der Waals surface area (Å²) in [5.74, 6) is -1.03. The fraction of sp³-hybridized carbons (Fsp3) is 0.750. The van der Waals surface area contributed by atoms with Gasteiger partial charge in [0.15, 0.2) is 5.69 Å². The summed E-state index contributed by atoms with van der Waals surface area (Å²) in [5.41, 5.74) is 0.687. The zero-order chi connectivity index (χ0) is 13.7. The second-order valence-electron chi connectivity index (χ2n) is 4.70. The lowest BCUT2D eigenvalue weighted by Crippen LogP contribution is -2.25. The van der Waals surface area contributed by atoms with Crippen molar-refractivity contribution in [1.82, 2.24) is 19.9 Å². The molecule has 1 fully saturated rings. The van der Waals surface area contributed by atoms with E-state index in [1.165, 1.54) is 12.8 Å². The minimum atomic E-state index is -1.03. The van der Waals surface area contributed by atoms with E-state index in [1.54, 1.807) is 11.8 Å². The molecule has 1 aliphatic rings. The first-order chi connectivity index (χ1) is 9.22. The third-order valence-corrected chi connectivity index (χ3v) is 3.41. The van der Waals surface area contributed by atoms with Crippen LogP contribution < -0.4 is 0 Å². The molecular formula is C12H20N4O3. The molecule has 2 heterocycles. The predicted molar refractivity (Wildman–Crippen MR) is 68.2 cm³/mol. The van der Waals surface area contributed by atoms with E-state index in [0.717, 1.165) is 19.6 Å². The number of ether oxygens (including phenoxy) is 1. The van der Waals surface area contributed by atoms with Crippen LogP contribution >= 0.6 is 0 Å². The van der Waals surface area contributed by atoms with E-state index in [2.05, 4.69) is 15.2 Å². The van der Waals surface area contributed by atoms with Crippen LogP contribution in [-0.2, 0) is 17.7 Å². The SMILES string of the molecule is COCCc1c(C(=O)O)nnn1CCN1CCCC1. The topological polar surface area (TPSA) is 80.5 Å². The van der Waals surface area contributed by atoms with Crippen LogP contribution in [0.15, 0.2) is 0 Å². The third kappa shape index (κ3) is 3.51. The molecule has 0 unspecified atom stereocenters. The van der Waals surface area contributed by atoms with Crippen LogP contribution in [0.4, 0.5) is 0 Å². The Morgan fingerprint density at radius 3 is 2.74 bits per heavy atom. The first-order valence-electron chi connectivity index (χ1n) is 6.59. The maximum absolute atomic E-state index is 11.1. The predicted octanol–water partition coefficient (Wildman–Crippen LogP) is 0.261. The summed E-state index contributed by atoms with van der Waals surface area (Å²) >= 11 is 0.